The van der Waals surface area contributed by atoms with Gasteiger partial charge < -0.3 is 9.88 Å². The predicted octanol–water partition coefficient (Wildman–Crippen LogP) is 3.36. The maximum atomic E-state index is 4.47. The van der Waals surface area contributed by atoms with Crippen LogP contribution in [0.25, 0.3) is 0 Å². The molecule has 3 heteroatoms. The van der Waals surface area contributed by atoms with Crippen LogP contribution in [-0.4, -0.2) is 16.1 Å². The van der Waals surface area contributed by atoms with E-state index in [4.69, 9.17) is 0 Å². The first kappa shape index (κ1) is 14.8. The molecule has 2 rings (SSSR count). The highest BCUT2D eigenvalue weighted by atomic mass is 15.1. The van der Waals surface area contributed by atoms with Crippen molar-refractivity contribution in [2.45, 2.75) is 47.2 Å². The first-order chi connectivity index (χ1) is 9.63. The molecule has 1 heterocycles. The Morgan fingerprint density at radius 2 is 1.85 bits per heavy atom. The summed E-state index contributed by atoms with van der Waals surface area (Å²) in [6.07, 6.45) is 3.15. The van der Waals surface area contributed by atoms with Crippen molar-refractivity contribution in [3.63, 3.8) is 0 Å². The molecule has 1 aromatic heterocycles. The number of imidazole rings is 1. The average Bonchev–Trinajstić information content (AvgIpc) is 2.76. The summed E-state index contributed by atoms with van der Waals surface area (Å²) in [5.74, 6) is 1.08. The van der Waals surface area contributed by atoms with Gasteiger partial charge in [0.25, 0.3) is 0 Å². The number of hydrogen-bond acceptors (Lipinski definition) is 2. The molecule has 3 nitrogen and oxygen atoms in total. The molecule has 0 aliphatic carbocycles. The molecule has 0 bridgehead atoms. The van der Waals surface area contributed by atoms with Crippen LogP contribution in [0.3, 0.4) is 0 Å². The molecule has 0 fully saturated rings. The Kier molecular flexibility index (Phi) is 4.96. The molecule has 0 radical (unpaired) electrons. The van der Waals surface area contributed by atoms with Crippen molar-refractivity contribution in [2.24, 2.45) is 0 Å². The van der Waals surface area contributed by atoms with Crippen molar-refractivity contribution >= 4 is 0 Å². The van der Waals surface area contributed by atoms with Gasteiger partial charge in [-0.2, -0.15) is 0 Å². The highest BCUT2D eigenvalue weighted by molar-refractivity contribution is 5.34. The zero-order valence-corrected chi connectivity index (χ0v) is 13.0. The molecule has 0 saturated carbocycles. The lowest BCUT2D eigenvalue weighted by Crippen LogP contribution is -2.18. The molecular formula is C17H25N3. The van der Waals surface area contributed by atoms with Gasteiger partial charge in [0.2, 0.25) is 0 Å². The highest BCUT2D eigenvalue weighted by Gasteiger charge is 2.09. The van der Waals surface area contributed by atoms with E-state index in [9.17, 15) is 0 Å². The lowest BCUT2D eigenvalue weighted by Gasteiger charge is -2.15. The van der Waals surface area contributed by atoms with E-state index in [1.54, 1.807) is 0 Å². The van der Waals surface area contributed by atoms with E-state index in [1.807, 2.05) is 6.20 Å². The normalized spacial score (nSPS) is 11.0. The third-order valence-electron chi connectivity index (χ3n) is 3.83. The fraction of sp³-hybridized carbons (Fsp3) is 0.471. The van der Waals surface area contributed by atoms with Crippen molar-refractivity contribution in [3.05, 3.63) is 52.6 Å². The van der Waals surface area contributed by atoms with E-state index in [0.717, 1.165) is 31.9 Å². The molecule has 0 spiro atoms. The molecule has 1 aromatic carbocycles. The van der Waals surface area contributed by atoms with Crippen LogP contribution < -0.4 is 5.32 Å². The number of hydrogen-bond donors (Lipinski definition) is 1. The quantitative estimate of drug-likeness (QED) is 0.817. The summed E-state index contributed by atoms with van der Waals surface area (Å²) in [6, 6.07) is 6.49. The minimum Gasteiger partial charge on any atom is -0.327 e. The molecule has 0 aliphatic rings. The Hall–Kier alpha value is -1.61. The first-order valence-electron chi connectivity index (χ1n) is 7.40. The van der Waals surface area contributed by atoms with Crippen LogP contribution in [-0.2, 0) is 13.1 Å². The zero-order chi connectivity index (χ0) is 14.5. The summed E-state index contributed by atoms with van der Waals surface area (Å²) in [7, 11) is 0. The molecule has 1 N–H and O–H groups in total. The second kappa shape index (κ2) is 6.71. The Morgan fingerprint density at radius 1 is 1.15 bits per heavy atom. The Labute approximate surface area is 122 Å². The molecule has 2 aromatic rings. The van der Waals surface area contributed by atoms with E-state index in [-0.39, 0.29) is 0 Å². The average molecular weight is 271 g/mol. The second-order valence-corrected chi connectivity index (χ2v) is 5.43. The number of aryl methyl sites for hydroxylation is 3. The van der Waals surface area contributed by atoms with Gasteiger partial charge in [-0.25, -0.2) is 4.98 Å². The van der Waals surface area contributed by atoms with Gasteiger partial charge in [-0.1, -0.05) is 25.1 Å². The van der Waals surface area contributed by atoms with E-state index >= 15 is 0 Å². The van der Waals surface area contributed by atoms with Crippen LogP contribution in [0.4, 0.5) is 0 Å². The number of benzene rings is 1. The SMILES string of the molecule is CCCNCc1cnc(C)n1Cc1c(C)cccc1C. The number of nitrogens with one attached hydrogen (secondary N) is 1. The molecule has 0 unspecified atom stereocenters. The summed E-state index contributed by atoms with van der Waals surface area (Å²) in [5.41, 5.74) is 5.38. The van der Waals surface area contributed by atoms with Gasteiger partial charge in [0.15, 0.2) is 0 Å². The summed E-state index contributed by atoms with van der Waals surface area (Å²) < 4.78 is 2.32. The molecule has 0 aliphatic heterocycles. The van der Waals surface area contributed by atoms with Gasteiger partial charge in [0, 0.05) is 19.3 Å². The van der Waals surface area contributed by atoms with Crippen molar-refractivity contribution in [1.82, 2.24) is 14.9 Å². The standard InChI is InChI=1S/C17H25N3/c1-5-9-18-10-16-11-19-15(4)20(16)12-17-13(2)7-6-8-14(17)3/h6-8,11,18H,5,9-10,12H2,1-4H3. The van der Waals surface area contributed by atoms with Crippen molar-refractivity contribution < 1.29 is 0 Å². The summed E-state index contributed by atoms with van der Waals surface area (Å²) in [4.78, 5) is 4.47. The molecule has 0 atom stereocenters. The molecular weight excluding hydrogens is 246 g/mol. The number of aromatic nitrogens is 2. The monoisotopic (exact) mass is 271 g/mol. The fourth-order valence-corrected chi connectivity index (χ4v) is 2.52. The maximum Gasteiger partial charge on any atom is 0.106 e. The third kappa shape index (κ3) is 3.28. The zero-order valence-electron chi connectivity index (χ0n) is 13.0. The minimum atomic E-state index is 0.889. The lowest BCUT2D eigenvalue weighted by molar-refractivity contribution is 0.622. The van der Waals surface area contributed by atoms with Crippen LogP contribution in [0.15, 0.2) is 24.4 Å². The maximum absolute atomic E-state index is 4.47. The Balaban J connectivity index is 2.22. The van der Waals surface area contributed by atoms with Gasteiger partial charge >= 0.3 is 0 Å². The van der Waals surface area contributed by atoms with E-state index in [1.165, 1.54) is 22.4 Å². The molecule has 0 saturated heterocycles. The van der Waals surface area contributed by atoms with Gasteiger partial charge in [0.1, 0.15) is 5.82 Å². The highest BCUT2D eigenvalue weighted by Crippen LogP contribution is 2.17. The molecule has 0 amide bonds. The van der Waals surface area contributed by atoms with Crippen molar-refractivity contribution in [2.75, 3.05) is 6.54 Å². The second-order valence-electron chi connectivity index (χ2n) is 5.43. The van der Waals surface area contributed by atoms with Crippen LogP contribution in [0.1, 0.15) is 41.6 Å². The van der Waals surface area contributed by atoms with Crippen LogP contribution in [0.5, 0.6) is 0 Å². The summed E-state index contributed by atoms with van der Waals surface area (Å²) >= 11 is 0. The number of nitrogens with zero attached hydrogens (tertiary/aromatic N) is 2. The largest absolute Gasteiger partial charge is 0.327 e. The van der Waals surface area contributed by atoms with Gasteiger partial charge in [-0.15, -0.1) is 0 Å². The van der Waals surface area contributed by atoms with Crippen molar-refractivity contribution in [1.29, 1.82) is 0 Å². The number of rotatable bonds is 6. The summed E-state index contributed by atoms with van der Waals surface area (Å²) in [5, 5.41) is 3.46. The van der Waals surface area contributed by atoms with Crippen LogP contribution >= 0.6 is 0 Å². The van der Waals surface area contributed by atoms with E-state index in [2.05, 4.69) is 60.8 Å². The van der Waals surface area contributed by atoms with Crippen LogP contribution in [0, 0.1) is 20.8 Å². The predicted molar refractivity (Wildman–Crippen MR) is 84.0 cm³/mol. The first-order valence-corrected chi connectivity index (χ1v) is 7.40. The lowest BCUT2D eigenvalue weighted by atomic mass is 10.0. The van der Waals surface area contributed by atoms with Gasteiger partial charge in [-0.05, 0) is 50.4 Å². The van der Waals surface area contributed by atoms with Crippen molar-refractivity contribution in [3.8, 4) is 0 Å². The smallest absolute Gasteiger partial charge is 0.106 e. The van der Waals surface area contributed by atoms with Crippen LogP contribution in [0.2, 0.25) is 0 Å². The third-order valence-corrected chi connectivity index (χ3v) is 3.83. The minimum absolute atomic E-state index is 0.889. The molecule has 108 valence electrons. The van der Waals surface area contributed by atoms with E-state index in [0.29, 0.717) is 0 Å². The van der Waals surface area contributed by atoms with Gasteiger partial charge in [0.05, 0.1) is 5.69 Å². The Morgan fingerprint density at radius 3 is 2.50 bits per heavy atom. The van der Waals surface area contributed by atoms with Gasteiger partial charge in [-0.3, -0.25) is 0 Å². The fourth-order valence-electron chi connectivity index (χ4n) is 2.52. The Bertz CT molecular complexity index is 549. The van der Waals surface area contributed by atoms with E-state index < -0.39 is 0 Å². The molecule has 20 heavy (non-hydrogen) atoms. The summed E-state index contributed by atoms with van der Waals surface area (Å²) in [6.45, 7) is 11.5. The topological polar surface area (TPSA) is 29.9 Å².